The van der Waals surface area contributed by atoms with Crippen LogP contribution in [0.4, 0.5) is 0 Å². The molecule has 160 valence electrons. The molecule has 6 rings (SSSR count). The maximum absolute atomic E-state index is 5.83. The molecule has 2 aromatic carbocycles. The maximum atomic E-state index is 5.83. The fourth-order valence-electron chi connectivity index (χ4n) is 3.84. The summed E-state index contributed by atoms with van der Waals surface area (Å²) < 4.78 is 7.96. The smallest absolute Gasteiger partial charge is 0.466 e. The number of rotatable bonds is 4. The average molecular weight is 608 g/mol. The van der Waals surface area contributed by atoms with Gasteiger partial charge in [0.05, 0.1) is 0 Å². The maximum Gasteiger partial charge on any atom is 2.00 e. The van der Waals surface area contributed by atoms with Crippen molar-refractivity contribution in [3.05, 3.63) is 110 Å². The summed E-state index contributed by atoms with van der Waals surface area (Å²) in [5.74, 6) is 1.90. The fourth-order valence-corrected chi connectivity index (χ4v) is 3.84. The van der Waals surface area contributed by atoms with Crippen LogP contribution in [0.5, 0.6) is 11.6 Å². The number of fused-ring (bicyclic) bond motifs is 3. The molecule has 0 N–H and O–H groups in total. The Kier molecular flexibility index (Phi) is 5.72. The zero-order valence-electron chi connectivity index (χ0n) is 17.3. The van der Waals surface area contributed by atoms with Crippen LogP contribution >= 0.6 is 0 Å². The molecule has 0 atom stereocenters. The van der Waals surface area contributed by atoms with E-state index >= 15 is 0 Å². The molecule has 0 saturated heterocycles. The molecule has 6 aromatic rings. The molecule has 0 aliphatic heterocycles. The third-order valence-electron chi connectivity index (χ3n) is 5.24. The van der Waals surface area contributed by atoms with Crippen molar-refractivity contribution in [2.24, 2.45) is 0 Å². The van der Waals surface area contributed by atoms with E-state index in [0.29, 0.717) is 17.3 Å². The standard InChI is InChI=1S/C27H16N4O.Pt/c1-2-8-24-21(7-1)22-12-11-19(17-25(22)31(24)26-9-3-5-14-29-26)23-18-20(13-16-28-23)32-27-10-4-6-15-30-27;/h1-16H;/q-2;+2. The molecule has 0 aliphatic carbocycles. The first-order chi connectivity index (χ1) is 15.9. The largest absolute Gasteiger partial charge is 2.00 e. The minimum atomic E-state index is 0. The van der Waals surface area contributed by atoms with E-state index in [9.17, 15) is 0 Å². The monoisotopic (exact) mass is 607 g/mol. The van der Waals surface area contributed by atoms with Gasteiger partial charge >= 0.3 is 21.1 Å². The predicted molar refractivity (Wildman–Crippen MR) is 124 cm³/mol. The summed E-state index contributed by atoms with van der Waals surface area (Å²) in [4.78, 5) is 13.3. The van der Waals surface area contributed by atoms with Gasteiger partial charge in [-0.15, -0.1) is 17.8 Å². The molecular weight excluding hydrogens is 591 g/mol. The number of aromatic nitrogens is 4. The first kappa shape index (κ1) is 21.0. The number of hydrogen-bond donors (Lipinski definition) is 0. The molecule has 6 heteroatoms. The van der Waals surface area contributed by atoms with E-state index < -0.39 is 0 Å². The molecule has 4 heterocycles. The van der Waals surface area contributed by atoms with Crippen molar-refractivity contribution in [1.29, 1.82) is 0 Å². The zero-order valence-corrected chi connectivity index (χ0v) is 19.5. The minimum Gasteiger partial charge on any atom is -0.466 e. The van der Waals surface area contributed by atoms with Gasteiger partial charge in [0.2, 0.25) is 5.88 Å². The van der Waals surface area contributed by atoms with E-state index in [4.69, 9.17) is 4.74 Å². The molecule has 0 bridgehead atoms. The Labute approximate surface area is 205 Å². The van der Waals surface area contributed by atoms with Gasteiger partial charge in [0, 0.05) is 29.7 Å². The van der Waals surface area contributed by atoms with Gasteiger partial charge in [0.1, 0.15) is 5.82 Å². The summed E-state index contributed by atoms with van der Waals surface area (Å²) in [6.45, 7) is 0. The minimum absolute atomic E-state index is 0. The van der Waals surface area contributed by atoms with Gasteiger partial charge in [-0.05, 0) is 41.4 Å². The second-order valence-electron chi connectivity index (χ2n) is 7.23. The van der Waals surface area contributed by atoms with E-state index in [-0.39, 0.29) is 21.1 Å². The van der Waals surface area contributed by atoms with Crippen LogP contribution in [0.1, 0.15) is 0 Å². The molecule has 4 aromatic heterocycles. The number of benzene rings is 2. The Bertz CT molecular complexity index is 1550. The van der Waals surface area contributed by atoms with Crippen molar-refractivity contribution in [3.63, 3.8) is 0 Å². The summed E-state index contributed by atoms with van der Waals surface area (Å²) in [6, 6.07) is 32.4. The molecular formula is C27H16N4OPt. The Morgan fingerprint density at radius 1 is 0.667 bits per heavy atom. The van der Waals surface area contributed by atoms with E-state index in [2.05, 4.69) is 49.9 Å². The second-order valence-corrected chi connectivity index (χ2v) is 7.23. The third-order valence-corrected chi connectivity index (χ3v) is 5.24. The van der Waals surface area contributed by atoms with Crippen LogP contribution < -0.4 is 4.74 Å². The summed E-state index contributed by atoms with van der Waals surface area (Å²) in [5, 5.41) is 2.26. The van der Waals surface area contributed by atoms with Crippen LogP contribution in [0.2, 0.25) is 0 Å². The normalized spacial score (nSPS) is 10.8. The number of pyridine rings is 3. The molecule has 0 aliphatic rings. The van der Waals surface area contributed by atoms with Crippen molar-refractivity contribution in [2.45, 2.75) is 0 Å². The number of nitrogens with zero attached hydrogens (tertiary/aromatic N) is 4. The Morgan fingerprint density at radius 2 is 1.48 bits per heavy atom. The molecule has 33 heavy (non-hydrogen) atoms. The zero-order chi connectivity index (χ0) is 21.3. The molecule has 0 fully saturated rings. The van der Waals surface area contributed by atoms with Crippen LogP contribution in [0.25, 0.3) is 38.9 Å². The first-order valence-corrected chi connectivity index (χ1v) is 10.2. The van der Waals surface area contributed by atoms with Crippen molar-refractivity contribution in [3.8, 4) is 28.7 Å². The molecule has 0 saturated carbocycles. The Balaban J connectivity index is 0.00000228. The number of hydrogen-bond acceptors (Lipinski definition) is 4. The van der Waals surface area contributed by atoms with Crippen LogP contribution in [-0.2, 0) is 21.1 Å². The quantitative estimate of drug-likeness (QED) is 0.230. The van der Waals surface area contributed by atoms with Gasteiger partial charge in [-0.25, -0.2) is 15.5 Å². The topological polar surface area (TPSA) is 52.8 Å². The van der Waals surface area contributed by atoms with Crippen LogP contribution in [0.3, 0.4) is 0 Å². The fraction of sp³-hybridized carbons (Fsp3) is 0. The molecule has 5 nitrogen and oxygen atoms in total. The second kappa shape index (κ2) is 8.97. The summed E-state index contributed by atoms with van der Waals surface area (Å²) in [7, 11) is 0. The summed E-state index contributed by atoms with van der Waals surface area (Å²) in [6.07, 6.45) is 5.19. The summed E-state index contributed by atoms with van der Waals surface area (Å²) >= 11 is 0. The third kappa shape index (κ3) is 3.92. The van der Waals surface area contributed by atoms with Crippen molar-refractivity contribution < 1.29 is 25.8 Å². The average Bonchev–Trinajstić information content (AvgIpc) is 3.19. The molecule has 0 amide bonds. The van der Waals surface area contributed by atoms with Gasteiger partial charge < -0.3 is 14.3 Å². The van der Waals surface area contributed by atoms with Crippen LogP contribution in [-0.4, -0.2) is 19.5 Å². The van der Waals surface area contributed by atoms with Gasteiger partial charge in [-0.2, -0.15) is 18.2 Å². The van der Waals surface area contributed by atoms with Gasteiger partial charge in [0.25, 0.3) is 0 Å². The van der Waals surface area contributed by atoms with Crippen LogP contribution in [0, 0.1) is 12.1 Å². The molecule has 0 unspecified atom stereocenters. The van der Waals surface area contributed by atoms with Gasteiger partial charge in [0.15, 0.2) is 0 Å². The van der Waals surface area contributed by atoms with E-state index in [0.717, 1.165) is 33.2 Å². The number of para-hydroxylation sites is 1. The SMILES string of the molecule is [Pt+2].[c-]1c(Oc2ccccn2)ccnc1-c1[c-]c2c(cc1)c1ccccc1n2-c1ccccn1. The van der Waals surface area contributed by atoms with E-state index in [1.54, 1.807) is 30.7 Å². The Hall–Kier alpha value is -3.82. The summed E-state index contributed by atoms with van der Waals surface area (Å²) in [5.41, 5.74) is 3.49. The van der Waals surface area contributed by atoms with Gasteiger partial charge in [-0.3, -0.25) is 0 Å². The van der Waals surface area contributed by atoms with Crippen molar-refractivity contribution in [2.75, 3.05) is 0 Å². The Morgan fingerprint density at radius 3 is 2.30 bits per heavy atom. The first-order valence-electron chi connectivity index (χ1n) is 10.2. The van der Waals surface area contributed by atoms with Crippen molar-refractivity contribution in [1.82, 2.24) is 19.5 Å². The molecule has 0 radical (unpaired) electrons. The van der Waals surface area contributed by atoms with Gasteiger partial charge in [-0.1, -0.05) is 35.7 Å². The molecule has 0 spiro atoms. The predicted octanol–water partition coefficient (Wildman–Crippen LogP) is 6.03. The van der Waals surface area contributed by atoms with Crippen LogP contribution in [0.15, 0.2) is 97.5 Å². The van der Waals surface area contributed by atoms with E-state index in [1.807, 2.05) is 48.5 Å². The number of ether oxygens (including phenoxy) is 1. The van der Waals surface area contributed by atoms with E-state index in [1.165, 1.54) is 0 Å². The van der Waals surface area contributed by atoms with Crippen molar-refractivity contribution >= 4 is 21.8 Å².